The number of aliphatic carboxylic acids is 1. The van der Waals surface area contributed by atoms with Gasteiger partial charge < -0.3 is 9.84 Å². The van der Waals surface area contributed by atoms with E-state index in [2.05, 4.69) is 6.92 Å². The lowest BCUT2D eigenvalue weighted by molar-refractivity contribution is -0.139. The normalized spacial score (nSPS) is 45.1. The Balaban J connectivity index is 2.04. The first-order valence-electron chi connectivity index (χ1n) is 5.33. The maximum Gasteiger partial charge on any atom is 0.307 e. The molecule has 1 heterocycles. The van der Waals surface area contributed by atoms with Crippen LogP contribution in [0.5, 0.6) is 0 Å². The average Bonchev–Trinajstić information content (AvgIpc) is 2.42. The van der Waals surface area contributed by atoms with Crippen LogP contribution in [0.3, 0.4) is 0 Å². The molecule has 1 aliphatic carbocycles. The standard InChI is InChI=1S/C11H18O3/c1-6-4-5-7(14-6)8-9(10(12)13)11(8,2)3/h6-9H,4-5H2,1-3H3,(H,12,13)/t6-,7?,8-,9+/m1/s1. The summed E-state index contributed by atoms with van der Waals surface area (Å²) < 4.78 is 5.74. The highest BCUT2D eigenvalue weighted by Crippen LogP contribution is 2.62. The van der Waals surface area contributed by atoms with Gasteiger partial charge in [-0.1, -0.05) is 13.8 Å². The second-order valence-corrected chi connectivity index (χ2v) is 5.23. The molecule has 2 rings (SSSR count). The molecule has 0 amide bonds. The molecule has 3 heteroatoms. The molecule has 0 spiro atoms. The van der Waals surface area contributed by atoms with Gasteiger partial charge in [0, 0.05) is 5.92 Å². The van der Waals surface area contributed by atoms with Crippen LogP contribution < -0.4 is 0 Å². The number of ether oxygens (including phenoxy) is 1. The van der Waals surface area contributed by atoms with E-state index in [9.17, 15) is 4.79 Å². The summed E-state index contributed by atoms with van der Waals surface area (Å²) in [6.07, 6.45) is 2.59. The zero-order valence-corrected chi connectivity index (χ0v) is 8.99. The molecule has 14 heavy (non-hydrogen) atoms. The van der Waals surface area contributed by atoms with Crippen LogP contribution in [0.2, 0.25) is 0 Å². The van der Waals surface area contributed by atoms with Gasteiger partial charge in [-0.15, -0.1) is 0 Å². The van der Waals surface area contributed by atoms with Gasteiger partial charge in [-0.05, 0) is 25.2 Å². The Morgan fingerprint density at radius 1 is 1.43 bits per heavy atom. The lowest BCUT2D eigenvalue weighted by Gasteiger charge is -2.11. The van der Waals surface area contributed by atoms with E-state index in [0.717, 1.165) is 12.8 Å². The molecule has 4 atom stereocenters. The molecule has 0 aromatic heterocycles. The minimum atomic E-state index is -0.664. The maximum atomic E-state index is 11.0. The van der Waals surface area contributed by atoms with Crippen molar-refractivity contribution in [3.05, 3.63) is 0 Å². The van der Waals surface area contributed by atoms with Crippen molar-refractivity contribution in [3.63, 3.8) is 0 Å². The molecule has 1 N–H and O–H groups in total. The van der Waals surface area contributed by atoms with Gasteiger partial charge in [0.1, 0.15) is 0 Å². The molecule has 0 radical (unpaired) electrons. The Labute approximate surface area is 84.4 Å². The van der Waals surface area contributed by atoms with E-state index >= 15 is 0 Å². The molecule has 2 aliphatic rings. The number of carbonyl (C=O) groups is 1. The molecular formula is C11H18O3. The molecular weight excluding hydrogens is 180 g/mol. The minimum absolute atomic E-state index is 0.0689. The number of hydrogen-bond acceptors (Lipinski definition) is 2. The zero-order chi connectivity index (χ0) is 10.5. The molecule has 80 valence electrons. The minimum Gasteiger partial charge on any atom is -0.481 e. The Bertz CT molecular complexity index is 259. The Morgan fingerprint density at radius 2 is 2.07 bits per heavy atom. The summed E-state index contributed by atoms with van der Waals surface area (Å²) >= 11 is 0. The molecule has 1 saturated heterocycles. The Hall–Kier alpha value is -0.570. The lowest BCUT2D eigenvalue weighted by atomic mass is 10.0. The quantitative estimate of drug-likeness (QED) is 0.737. The molecule has 0 bridgehead atoms. The molecule has 2 fully saturated rings. The second-order valence-electron chi connectivity index (χ2n) is 5.23. The van der Waals surface area contributed by atoms with E-state index in [1.807, 2.05) is 13.8 Å². The fourth-order valence-corrected chi connectivity index (χ4v) is 2.94. The number of hydrogen-bond donors (Lipinski definition) is 1. The van der Waals surface area contributed by atoms with E-state index in [1.165, 1.54) is 0 Å². The predicted octanol–water partition coefficient (Wildman–Crippen LogP) is 1.91. The van der Waals surface area contributed by atoms with Gasteiger partial charge in [-0.3, -0.25) is 4.79 Å². The summed E-state index contributed by atoms with van der Waals surface area (Å²) in [5, 5.41) is 9.03. The van der Waals surface area contributed by atoms with Crippen LogP contribution in [-0.4, -0.2) is 23.3 Å². The SMILES string of the molecule is C[C@@H]1CCC([C@@H]2[C@@H](C(=O)O)C2(C)C)O1. The van der Waals surface area contributed by atoms with Crippen molar-refractivity contribution in [2.24, 2.45) is 17.3 Å². The largest absolute Gasteiger partial charge is 0.481 e. The first kappa shape index (κ1) is 9.97. The molecule has 0 aromatic carbocycles. The number of carboxylic acids is 1. The molecule has 1 unspecified atom stereocenters. The van der Waals surface area contributed by atoms with Crippen LogP contribution in [0.1, 0.15) is 33.6 Å². The van der Waals surface area contributed by atoms with Crippen molar-refractivity contribution in [1.29, 1.82) is 0 Å². The van der Waals surface area contributed by atoms with Crippen molar-refractivity contribution in [3.8, 4) is 0 Å². The van der Waals surface area contributed by atoms with Gasteiger partial charge in [0.25, 0.3) is 0 Å². The first-order chi connectivity index (χ1) is 6.44. The van der Waals surface area contributed by atoms with Crippen LogP contribution in [0.4, 0.5) is 0 Å². The third kappa shape index (κ3) is 1.34. The third-order valence-electron chi connectivity index (χ3n) is 3.84. The highest BCUT2D eigenvalue weighted by atomic mass is 16.5. The number of rotatable bonds is 2. The topological polar surface area (TPSA) is 46.5 Å². The van der Waals surface area contributed by atoms with Crippen molar-refractivity contribution in [2.75, 3.05) is 0 Å². The van der Waals surface area contributed by atoms with Crippen LogP contribution in [0.25, 0.3) is 0 Å². The van der Waals surface area contributed by atoms with Gasteiger partial charge in [-0.25, -0.2) is 0 Å². The molecule has 3 nitrogen and oxygen atoms in total. The van der Waals surface area contributed by atoms with E-state index in [4.69, 9.17) is 9.84 Å². The predicted molar refractivity (Wildman–Crippen MR) is 52.0 cm³/mol. The fourth-order valence-electron chi connectivity index (χ4n) is 2.94. The maximum absolute atomic E-state index is 11.0. The van der Waals surface area contributed by atoms with Gasteiger partial charge in [-0.2, -0.15) is 0 Å². The summed E-state index contributed by atoms with van der Waals surface area (Å²) in [7, 11) is 0. The molecule has 1 saturated carbocycles. The molecule has 0 aromatic rings. The lowest BCUT2D eigenvalue weighted by Crippen LogP contribution is -2.15. The van der Waals surface area contributed by atoms with Crippen LogP contribution in [0, 0.1) is 17.3 Å². The van der Waals surface area contributed by atoms with E-state index in [0.29, 0.717) is 6.10 Å². The van der Waals surface area contributed by atoms with Gasteiger partial charge >= 0.3 is 5.97 Å². The summed E-state index contributed by atoms with van der Waals surface area (Å²) in [4.78, 5) is 11.0. The van der Waals surface area contributed by atoms with Crippen molar-refractivity contribution in [1.82, 2.24) is 0 Å². The average molecular weight is 198 g/mol. The van der Waals surface area contributed by atoms with E-state index in [1.54, 1.807) is 0 Å². The summed E-state index contributed by atoms with van der Waals surface area (Å²) in [6, 6.07) is 0. The van der Waals surface area contributed by atoms with Crippen molar-refractivity contribution in [2.45, 2.75) is 45.8 Å². The van der Waals surface area contributed by atoms with Crippen molar-refractivity contribution >= 4 is 5.97 Å². The highest BCUT2D eigenvalue weighted by Gasteiger charge is 2.65. The van der Waals surface area contributed by atoms with Gasteiger partial charge in [0.05, 0.1) is 18.1 Å². The van der Waals surface area contributed by atoms with Crippen LogP contribution in [0.15, 0.2) is 0 Å². The first-order valence-corrected chi connectivity index (χ1v) is 5.33. The van der Waals surface area contributed by atoms with Gasteiger partial charge in [0.2, 0.25) is 0 Å². The third-order valence-corrected chi connectivity index (χ3v) is 3.84. The van der Waals surface area contributed by atoms with Crippen molar-refractivity contribution < 1.29 is 14.6 Å². The second kappa shape index (κ2) is 2.96. The van der Waals surface area contributed by atoms with E-state index in [-0.39, 0.29) is 23.4 Å². The Kier molecular flexibility index (Phi) is 2.11. The fraction of sp³-hybridized carbons (Fsp3) is 0.909. The van der Waals surface area contributed by atoms with Crippen LogP contribution >= 0.6 is 0 Å². The van der Waals surface area contributed by atoms with E-state index < -0.39 is 5.97 Å². The summed E-state index contributed by atoms with van der Waals surface area (Å²) in [5.41, 5.74) is -0.0689. The monoisotopic (exact) mass is 198 g/mol. The highest BCUT2D eigenvalue weighted by molar-refractivity contribution is 5.75. The molecule has 1 aliphatic heterocycles. The van der Waals surface area contributed by atoms with Gasteiger partial charge in [0.15, 0.2) is 0 Å². The zero-order valence-electron chi connectivity index (χ0n) is 8.99. The summed E-state index contributed by atoms with van der Waals surface area (Å²) in [6.45, 7) is 6.12. The smallest absolute Gasteiger partial charge is 0.307 e. The van der Waals surface area contributed by atoms with Crippen LogP contribution in [-0.2, 0) is 9.53 Å². The summed E-state index contributed by atoms with van der Waals surface area (Å²) in [5.74, 6) is -0.633. The Morgan fingerprint density at radius 3 is 2.43 bits per heavy atom. The number of carboxylic acid groups (broad SMARTS) is 1.